The molecule has 2 aliphatic heterocycles. The molecule has 2 aromatic rings. The molecule has 5 rings (SSSR count). The number of rotatable bonds is 6. The highest BCUT2D eigenvalue weighted by atomic mass is 35.5. The summed E-state index contributed by atoms with van der Waals surface area (Å²) in [5.74, 6) is 0.828. The summed E-state index contributed by atoms with van der Waals surface area (Å²) in [5.41, 5.74) is 1.85. The van der Waals surface area contributed by atoms with Crippen molar-refractivity contribution in [2.24, 2.45) is 11.3 Å². The first kappa shape index (κ1) is 31.8. The monoisotopic (exact) mass is 657 g/mol. The molecule has 3 fully saturated rings. The lowest BCUT2D eigenvalue weighted by Crippen LogP contribution is -2.55. The van der Waals surface area contributed by atoms with E-state index in [9.17, 15) is 21.6 Å². The van der Waals surface area contributed by atoms with Crippen LogP contribution in [0.5, 0.6) is 0 Å². The number of nitrogens with zero attached hydrogens (tertiary/aromatic N) is 2. The third-order valence-corrected chi connectivity index (χ3v) is 13.9. The number of halogens is 2. The molecular weight excluding hydrogens is 617 g/mol. The van der Waals surface area contributed by atoms with Gasteiger partial charge in [0.2, 0.25) is 10.0 Å². The van der Waals surface area contributed by atoms with Crippen LogP contribution >= 0.6 is 23.2 Å². The van der Waals surface area contributed by atoms with Crippen LogP contribution in [0.15, 0.2) is 23.1 Å². The third-order valence-electron chi connectivity index (χ3n) is 8.98. The van der Waals surface area contributed by atoms with Gasteiger partial charge in [-0.1, -0.05) is 42.5 Å². The van der Waals surface area contributed by atoms with Crippen LogP contribution < -0.4 is 4.72 Å². The van der Waals surface area contributed by atoms with Crippen LogP contribution in [0, 0.1) is 18.3 Å². The van der Waals surface area contributed by atoms with E-state index in [0.717, 1.165) is 30.8 Å². The Morgan fingerprint density at radius 3 is 2.24 bits per heavy atom. The summed E-state index contributed by atoms with van der Waals surface area (Å²) in [4.78, 5) is 15.6. The van der Waals surface area contributed by atoms with Crippen molar-refractivity contribution in [2.45, 2.75) is 89.6 Å². The van der Waals surface area contributed by atoms with Crippen molar-refractivity contribution in [3.8, 4) is 11.3 Å². The average Bonchev–Trinajstić information content (AvgIpc) is 3.19. The number of aromatic nitrogens is 1. The SMILES string of the molecule is Cc1c(C(=O)N2CCC3(CC2)CS(=O)(=O)C3)cc(-c2ccc(S(=O)(=O)NC(C)(C)C)c(Cl)c2Cl)n1CC1CCCCC1. The average molecular weight is 659 g/mol. The molecule has 0 atom stereocenters. The first-order chi connectivity index (χ1) is 19.5. The van der Waals surface area contributed by atoms with Gasteiger partial charge in [0.15, 0.2) is 9.84 Å². The molecule has 1 aromatic carbocycles. The lowest BCUT2D eigenvalue weighted by molar-refractivity contribution is 0.0620. The Morgan fingerprint density at radius 2 is 1.67 bits per heavy atom. The minimum absolute atomic E-state index is 0.0568. The van der Waals surface area contributed by atoms with E-state index in [2.05, 4.69) is 9.29 Å². The summed E-state index contributed by atoms with van der Waals surface area (Å²) in [6.45, 7) is 8.99. The van der Waals surface area contributed by atoms with Gasteiger partial charge in [-0.25, -0.2) is 21.6 Å². The van der Waals surface area contributed by atoms with E-state index in [1.807, 2.05) is 17.9 Å². The zero-order chi connectivity index (χ0) is 30.7. The molecule has 3 heterocycles. The van der Waals surface area contributed by atoms with Crippen molar-refractivity contribution < 1.29 is 21.6 Å². The number of nitrogens with one attached hydrogen (secondary N) is 1. The number of benzene rings is 1. The molecule has 3 aliphatic rings. The quantitative estimate of drug-likeness (QED) is 0.405. The van der Waals surface area contributed by atoms with Crippen molar-refractivity contribution in [1.29, 1.82) is 0 Å². The second-order valence-corrected chi connectivity index (χ2v) is 18.0. The Morgan fingerprint density at radius 1 is 1.05 bits per heavy atom. The Balaban J connectivity index is 1.49. The van der Waals surface area contributed by atoms with Crippen LogP contribution in [0.4, 0.5) is 0 Å². The fourth-order valence-electron chi connectivity index (χ4n) is 6.88. The molecule has 0 radical (unpaired) electrons. The van der Waals surface area contributed by atoms with Gasteiger partial charge in [0.05, 0.1) is 32.8 Å². The number of likely N-dealkylation sites (tertiary alicyclic amines) is 1. The van der Waals surface area contributed by atoms with E-state index < -0.39 is 25.4 Å². The molecular formula is C30H41Cl2N3O5S2. The third kappa shape index (κ3) is 6.43. The lowest BCUT2D eigenvalue weighted by atomic mass is 9.81. The zero-order valence-corrected chi connectivity index (χ0v) is 27.9. The van der Waals surface area contributed by atoms with Crippen molar-refractivity contribution in [2.75, 3.05) is 24.6 Å². The van der Waals surface area contributed by atoms with E-state index >= 15 is 0 Å². The van der Waals surface area contributed by atoms with Gasteiger partial charge < -0.3 is 9.47 Å². The van der Waals surface area contributed by atoms with Crippen LogP contribution in [0.25, 0.3) is 11.3 Å². The summed E-state index contributed by atoms with van der Waals surface area (Å²) in [6, 6.07) is 5.01. The van der Waals surface area contributed by atoms with Gasteiger partial charge in [-0.2, -0.15) is 0 Å². The second kappa shape index (κ2) is 11.4. The molecule has 2 saturated heterocycles. The summed E-state index contributed by atoms with van der Waals surface area (Å²) in [7, 11) is -6.85. The largest absolute Gasteiger partial charge is 0.344 e. The number of sulfonamides is 1. The van der Waals surface area contributed by atoms with Gasteiger partial charge in [-0.15, -0.1) is 0 Å². The molecule has 232 valence electrons. The number of sulfone groups is 1. The number of carbonyl (C=O) groups excluding carboxylic acids is 1. The first-order valence-electron chi connectivity index (χ1n) is 14.7. The second-order valence-electron chi connectivity index (χ2n) is 13.6. The summed E-state index contributed by atoms with van der Waals surface area (Å²) >= 11 is 13.4. The first-order valence-corrected chi connectivity index (χ1v) is 18.8. The predicted molar refractivity (Wildman–Crippen MR) is 167 cm³/mol. The number of carbonyl (C=O) groups is 1. The fourth-order valence-corrected chi connectivity index (χ4v) is 11.5. The summed E-state index contributed by atoms with van der Waals surface area (Å²) in [6.07, 6.45) is 7.19. The number of amides is 1. The number of hydrogen-bond acceptors (Lipinski definition) is 5. The molecule has 1 amide bonds. The number of piperidine rings is 1. The predicted octanol–water partition coefficient (Wildman–Crippen LogP) is 6.08. The van der Waals surface area contributed by atoms with Crippen molar-refractivity contribution in [3.05, 3.63) is 39.5 Å². The Hall–Kier alpha value is -1.59. The van der Waals surface area contributed by atoms with E-state index in [1.54, 1.807) is 26.8 Å². The van der Waals surface area contributed by atoms with Crippen LogP contribution in [-0.4, -0.2) is 62.3 Å². The molecule has 1 aliphatic carbocycles. The molecule has 1 spiro atoms. The standard InChI is InChI=1S/C30H41Cl2N3O5S2/c1-20-23(28(36)34-14-12-30(13-15-34)18-41(37,38)19-30)16-24(35(20)17-21-8-6-5-7-9-21)22-10-11-25(27(32)26(22)31)42(39,40)33-29(2,3)4/h10-11,16,21,33H,5-9,12-15,17-19H2,1-4H3. The zero-order valence-electron chi connectivity index (χ0n) is 24.8. The minimum Gasteiger partial charge on any atom is -0.344 e. The van der Waals surface area contributed by atoms with Gasteiger partial charge in [0.25, 0.3) is 5.91 Å². The van der Waals surface area contributed by atoms with Crippen molar-refractivity contribution >= 4 is 49.0 Å². The topological polar surface area (TPSA) is 106 Å². The fraction of sp³-hybridized carbons (Fsp3) is 0.633. The maximum atomic E-state index is 13.9. The van der Waals surface area contributed by atoms with Crippen LogP contribution in [0.2, 0.25) is 10.0 Å². The molecule has 42 heavy (non-hydrogen) atoms. The maximum Gasteiger partial charge on any atom is 0.255 e. The van der Waals surface area contributed by atoms with Crippen LogP contribution in [-0.2, 0) is 26.4 Å². The van der Waals surface area contributed by atoms with E-state index in [4.69, 9.17) is 23.2 Å². The van der Waals surface area contributed by atoms with Crippen molar-refractivity contribution in [1.82, 2.24) is 14.2 Å². The highest BCUT2D eigenvalue weighted by molar-refractivity contribution is 7.92. The van der Waals surface area contributed by atoms with Crippen molar-refractivity contribution in [3.63, 3.8) is 0 Å². The van der Waals surface area contributed by atoms with Gasteiger partial charge in [0.1, 0.15) is 4.90 Å². The molecule has 0 unspecified atom stereocenters. The van der Waals surface area contributed by atoms with E-state index in [0.29, 0.717) is 43.0 Å². The Bertz CT molecular complexity index is 1580. The van der Waals surface area contributed by atoms with E-state index in [-0.39, 0.29) is 37.8 Å². The highest BCUT2D eigenvalue weighted by Crippen LogP contribution is 2.44. The van der Waals surface area contributed by atoms with Gasteiger partial charge in [0, 0.05) is 41.8 Å². The number of hydrogen-bond donors (Lipinski definition) is 1. The maximum absolute atomic E-state index is 13.9. The molecule has 12 heteroatoms. The van der Waals surface area contributed by atoms with Gasteiger partial charge >= 0.3 is 0 Å². The Labute approximate surface area is 260 Å². The van der Waals surface area contributed by atoms with E-state index in [1.165, 1.54) is 25.3 Å². The van der Waals surface area contributed by atoms with Gasteiger partial charge in [-0.3, -0.25) is 4.79 Å². The molecule has 1 aromatic heterocycles. The Kier molecular flexibility index (Phi) is 8.64. The van der Waals surface area contributed by atoms with Crippen LogP contribution in [0.1, 0.15) is 81.8 Å². The smallest absolute Gasteiger partial charge is 0.255 e. The van der Waals surface area contributed by atoms with Crippen LogP contribution in [0.3, 0.4) is 0 Å². The molecule has 8 nitrogen and oxygen atoms in total. The summed E-state index contributed by atoms with van der Waals surface area (Å²) in [5, 5.41) is 0.0691. The lowest BCUT2D eigenvalue weighted by Gasteiger charge is -2.47. The molecule has 0 bridgehead atoms. The minimum atomic E-state index is -3.92. The highest BCUT2D eigenvalue weighted by Gasteiger charge is 2.50. The molecule has 1 N–H and O–H groups in total. The van der Waals surface area contributed by atoms with Gasteiger partial charge in [-0.05, 0) is 77.5 Å². The molecule has 1 saturated carbocycles. The normalized spacial score (nSPS) is 21.0. The summed E-state index contributed by atoms with van der Waals surface area (Å²) < 4.78 is 54.6.